The van der Waals surface area contributed by atoms with E-state index in [0.717, 1.165) is 11.6 Å². The van der Waals surface area contributed by atoms with Crippen molar-refractivity contribution in [3.8, 4) is 0 Å². The van der Waals surface area contributed by atoms with Crippen molar-refractivity contribution in [2.75, 3.05) is 0 Å². The minimum absolute atomic E-state index is 0.0243. The highest BCUT2D eigenvalue weighted by atomic mass is 35.5. The highest BCUT2D eigenvalue weighted by molar-refractivity contribution is 6.30. The molecule has 0 fully saturated rings. The maximum absolute atomic E-state index is 13.6. The third-order valence-electron chi connectivity index (χ3n) is 3.18. The van der Waals surface area contributed by atoms with Gasteiger partial charge < -0.3 is 0 Å². The smallest absolute Gasteiger partial charge is 0.141 e. The van der Waals surface area contributed by atoms with E-state index in [1.807, 2.05) is 0 Å². The second-order valence-electron chi connectivity index (χ2n) is 4.76. The lowest BCUT2D eigenvalue weighted by Gasteiger charge is -2.16. The van der Waals surface area contributed by atoms with Gasteiger partial charge in [0.05, 0.1) is 5.02 Å². The Labute approximate surface area is 125 Å². The van der Waals surface area contributed by atoms with Crippen LogP contribution < -0.4 is 11.3 Å². The molecule has 112 valence electrons. The predicted octanol–water partition coefficient (Wildman–Crippen LogP) is 3.37. The van der Waals surface area contributed by atoms with Crippen molar-refractivity contribution in [3.63, 3.8) is 0 Å². The number of nitrogens with one attached hydrogen (secondary N) is 1. The van der Waals surface area contributed by atoms with E-state index in [0.29, 0.717) is 12.0 Å². The maximum Gasteiger partial charge on any atom is 0.141 e. The minimum Gasteiger partial charge on any atom is -0.271 e. The summed E-state index contributed by atoms with van der Waals surface area (Å²) in [4.78, 5) is 0. The summed E-state index contributed by atoms with van der Waals surface area (Å²) in [6.45, 7) is 0. The number of rotatable bonds is 5. The summed E-state index contributed by atoms with van der Waals surface area (Å²) in [7, 11) is 0. The summed E-state index contributed by atoms with van der Waals surface area (Å²) in [5, 5.41) is 0.0243. The molecule has 0 radical (unpaired) electrons. The van der Waals surface area contributed by atoms with Gasteiger partial charge in [-0.05, 0) is 42.2 Å². The molecule has 21 heavy (non-hydrogen) atoms. The van der Waals surface area contributed by atoms with Crippen LogP contribution in [0.1, 0.15) is 11.1 Å². The van der Waals surface area contributed by atoms with Crippen LogP contribution in [0.4, 0.5) is 13.2 Å². The molecule has 0 aromatic heterocycles. The average Bonchev–Trinajstić information content (AvgIpc) is 2.44. The molecule has 0 heterocycles. The molecule has 0 aliphatic heterocycles. The van der Waals surface area contributed by atoms with Gasteiger partial charge in [-0.25, -0.2) is 13.2 Å². The van der Waals surface area contributed by atoms with Gasteiger partial charge in [-0.2, -0.15) is 0 Å². The van der Waals surface area contributed by atoms with E-state index in [-0.39, 0.29) is 17.5 Å². The first-order valence-electron chi connectivity index (χ1n) is 6.33. The summed E-state index contributed by atoms with van der Waals surface area (Å²) >= 11 is 5.71. The molecule has 2 rings (SSSR count). The average molecular weight is 315 g/mol. The molecular weight excluding hydrogens is 301 g/mol. The summed E-state index contributed by atoms with van der Waals surface area (Å²) in [6.07, 6.45) is 0.713. The molecule has 0 bridgehead atoms. The molecule has 2 aromatic carbocycles. The monoisotopic (exact) mass is 314 g/mol. The Morgan fingerprint density at radius 2 is 1.76 bits per heavy atom. The third kappa shape index (κ3) is 4.20. The Hall–Kier alpha value is -1.56. The van der Waals surface area contributed by atoms with Gasteiger partial charge in [-0.3, -0.25) is 11.3 Å². The van der Waals surface area contributed by atoms with Crippen molar-refractivity contribution in [1.29, 1.82) is 0 Å². The highest BCUT2D eigenvalue weighted by Crippen LogP contribution is 2.18. The van der Waals surface area contributed by atoms with Crippen LogP contribution in [0.25, 0.3) is 0 Å². The van der Waals surface area contributed by atoms with E-state index in [9.17, 15) is 13.2 Å². The molecule has 2 nitrogen and oxygen atoms in total. The first-order valence-corrected chi connectivity index (χ1v) is 6.71. The fourth-order valence-electron chi connectivity index (χ4n) is 2.09. The Bertz CT molecular complexity index is 634. The van der Waals surface area contributed by atoms with Crippen LogP contribution in [-0.4, -0.2) is 6.04 Å². The van der Waals surface area contributed by atoms with Gasteiger partial charge in [-0.1, -0.05) is 23.7 Å². The summed E-state index contributed by atoms with van der Waals surface area (Å²) < 4.78 is 39.6. The molecule has 1 atom stereocenters. The van der Waals surface area contributed by atoms with Crippen molar-refractivity contribution in [2.45, 2.75) is 18.9 Å². The van der Waals surface area contributed by atoms with Gasteiger partial charge in [0, 0.05) is 12.1 Å². The Kier molecular flexibility index (Phi) is 5.22. The van der Waals surface area contributed by atoms with Crippen molar-refractivity contribution in [2.24, 2.45) is 5.84 Å². The van der Waals surface area contributed by atoms with Crippen molar-refractivity contribution in [3.05, 3.63) is 70.0 Å². The van der Waals surface area contributed by atoms with E-state index in [4.69, 9.17) is 17.4 Å². The van der Waals surface area contributed by atoms with E-state index in [2.05, 4.69) is 5.43 Å². The number of benzene rings is 2. The lowest BCUT2D eigenvalue weighted by atomic mass is 9.99. The molecule has 0 spiro atoms. The van der Waals surface area contributed by atoms with Crippen LogP contribution in [0, 0.1) is 17.5 Å². The van der Waals surface area contributed by atoms with Gasteiger partial charge in [0.1, 0.15) is 17.5 Å². The second kappa shape index (κ2) is 6.93. The van der Waals surface area contributed by atoms with Crippen molar-refractivity contribution >= 4 is 11.6 Å². The van der Waals surface area contributed by atoms with Crippen LogP contribution in [-0.2, 0) is 12.8 Å². The standard InChI is InChI=1S/C15H14ClF3N2/c16-13-6-9(1-4-14(13)18)5-12(21-20)7-10-2-3-11(17)8-15(10)19/h1-4,6,8,12,21H,5,7,20H2. The summed E-state index contributed by atoms with van der Waals surface area (Å²) in [6, 6.07) is 7.48. The van der Waals surface area contributed by atoms with Crippen LogP contribution in [0.3, 0.4) is 0 Å². The first-order chi connectivity index (χ1) is 9.99. The quantitative estimate of drug-likeness (QED) is 0.656. The zero-order valence-electron chi connectivity index (χ0n) is 11.0. The number of hydrazine groups is 1. The molecule has 3 N–H and O–H groups in total. The zero-order valence-corrected chi connectivity index (χ0v) is 11.8. The van der Waals surface area contributed by atoms with E-state index in [1.54, 1.807) is 6.07 Å². The number of nitrogens with two attached hydrogens (primary N) is 1. The van der Waals surface area contributed by atoms with Crippen molar-refractivity contribution < 1.29 is 13.2 Å². The number of hydrogen-bond donors (Lipinski definition) is 2. The largest absolute Gasteiger partial charge is 0.271 e. The van der Waals surface area contributed by atoms with Gasteiger partial charge in [0.25, 0.3) is 0 Å². The normalized spacial score (nSPS) is 12.4. The fraction of sp³-hybridized carbons (Fsp3) is 0.200. The van der Waals surface area contributed by atoms with Crippen LogP contribution >= 0.6 is 11.6 Å². The van der Waals surface area contributed by atoms with Gasteiger partial charge in [-0.15, -0.1) is 0 Å². The molecule has 6 heteroatoms. The second-order valence-corrected chi connectivity index (χ2v) is 5.16. The Balaban J connectivity index is 2.10. The summed E-state index contributed by atoms with van der Waals surface area (Å²) in [5.74, 6) is 3.72. The maximum atomic E-state index is 13.6. The first kappa shape index (κ1) is 15.8. The molecule has 0 saturated carbocycles. The lowest BCUT2D eigenvalue weighted by Crippen LogP contribution is -2.38. The lowest BCUT2D eigenvalue weighted by molar-refractivity contribution is 0.502. The third-order valence-corrected chi connectivity index (χ3v) is 3.47. The van der Waals surface area contributed by atoms with Gasteiger partial charge in [0.15, 0.2) is 0 Å². The van der Waals surface area contributed by atoms with E-state index < -0.39 is 17.5 Å². The van der Waals surface area contributed by atoms with Crippen LogP contribution in [0.2, 0.25) is 5.02 Å². The fourth-order valence-corrected chi connectivity index (χ4v) is 2.30. The molecule has 0 aliphatic carbocycles. The Morgan fingerprint density at radius 1 is 1.00 bits per heavy atom. The topological polar surface area (TPSA) is 38.0 Å². The molecule has 1 unspecified atom stereocenters. The highest BCUT2D eigenvalue weighted by Gasteiger charge is 2.13. The summed E-state index contributed by atoms with van der Waals surface area (Å²) in [5.41, 5.74) is 3.70. The van der Waals surface area contributed by atoms with Crippen LogP contribution in [0.5, 0.6) is 0 Å². The molecule has 0 saturated heterocycles. The predicted molar refractivity (Wildman–Crippen MR) is 76.3 cm³/mol. The van der Waals surface area contributed by atoms with Crippen molar-refractivity contribution in [1.82, 2.24) is 5.43 Å². The molecular formula is C15H14ClF3N2. The number of hydrogen-bond acceptors (Lipinski definition) is 2. The molecule has 0 amide bonds. The molecule has 0 aliphatic rings. The van der Waals surface area contributed by atoms with E-state index >= 15 is 0 Å². The molecule has 2 aromatic rings. The SMILES string of the molecule is NNC(Cc1ccc(F)c(Cl)c1)Cc1ccc(F)cc1F. The zero-order chi connectivity index (χ0) is 15.4. The Morgan fingerprint density at radius 3 is 2.38 bits per heavy atom. The number of halogens is 4. The van der Waals surface area contributed by atoms with E-state index in [1.165, 1.54) is 24.3 Å². The minimum atomic E-state index is -0.626. The van der Waals surface area contributed by atoms with Gasteiger partial charge >= 0.3 is 0 Å². The van der Waals surface area contributed by atoms with Crippen LogP contribution in [0.15, 0.2) is 36.4 Å². The van der Waals surface area contributed by atoms with Gasteiger partial charge in [0.2, 0.25) is 0 Å².